The Kier molecular flexibility index (Phi) is 3.98. The fourth-order valence-electron chi connectivity index (χ4n) is 1.53. The highest BCUT2D eigenvalue weighted by Crippen LogP contribution is 2.24. The van der Waals surface area contributed by atoms with Gasteiger partial charge in [0.05, 0.1) is 12.5 Å². The van der Waals surface area contributed by atoms with Gasteiger partial charge in [-0.25, -0.2) is 0 Å². The molecule has 1 rings (SSSR count). The Labute approximate surface area is 98.7 Å². The van der Waals surface area contributed by atoms with Gasteiger partial charge in [0.2, 0.25) is 0 Å². The Morgan fingerprint density at radius 1 is 1.38 bits per heavy atom. The molecule has 0 aromatic carbocycles. The second-order valence-electron chi connectivity index (χ2n) is 5.77. The molecule has 1 unspecified atom stereocenters. The molecule has 1 aromatic heterocycles. The molecule has 0 bridgehead atoms. The van der Waals surface area contributed by atoms with Gasteiger partial charge in [-0.05, 0) is 38.8 Å². The third-order valence-corrected chi connectivity index (χ3v) is 2.70. The molecule has 1 heterocycles. The first-order valence-electron chi connectivity index (χ1n) is 5.74. The number of hydrogen-bond acceptors (Lipinski definition) is 2. The summed E-state index contributed by atoms with van der Waals surface area (Å²) in [6.07, 6.45) is 6.50. The summed E-state index contributed by atoms with van der Waals surface area (Å²) in [5, 5.41) is 3.52. The van der Waals surface area contributed by atoms with Gasteiger partial charge in [0.25, 0.3) is 0 Å². The molecule has 1 atom stereocenters. The average molecular weight is 221 g/mol. The highest BCUT2D eigenvalue weighted by molar-refractivity contribution is 5.12. The van der Waals surface area contributed by atoms with Gasteiger partial charge in [-0.15, -0.1) is 6.58 Å². The summed E-state index contributed by atoms with van der Waals surface area (Å²) in [5.41, 5.74) is 1.43. The molecule has 0 aliphatic heterocycles. The number of nitrogens with one attached hydrogen (secondary N) is 1. The summed E-state index contributed by atoms with van der Waals surface area (Å²) < 4.78 is 5.10. The molecule has 0 aliphatic rings. The van der Waals surface area contributed by atoms with Crippen molar-refractivity contribution in [2.24, 2.45) is 5.41 Å². The molecule has 0 amide bonds. The smallest absolute Gasteiger partial charge is 0.0934 e. The molecule has 1 aromatic rings. The minimum Gasteiger partial charge on any atom is -0.472 e. The van der Waals surface area contributed by atoms with Crippen molar-refractivity contribution in [1.29, 1.82) is 0 Å². The zero-order valence-corrected chi connectivity index (χ0v) is 10.8. The van der Waals surface area contributed by atoms with Crippen LogP contribution >= 0.6 is 0 Å². The molecule has 0 saturated heterocycles. The lowest BCUT2D eigenvalue weighted by Gasteiger charge is -2.31. The molecule has 0 fully saturated rings. The first-order valence-corrected chi connectivity index (χ1v) is 5.74. The van der Waals surface area contributed by atoms with E-state index in [1.165, 1.54) is 5.56 Å². The van der Waals surface area contributed by atoms with E-state index in [-0.39, 0.29) is 11.0 Å². The van der Waals surface area contributed by atoms with Gasteiger partial charge in [-0.1, -0.05) is 13.0 Å². The van der Waals surface area contributed by atoms with Crippen LogP contribution in [0.3, 0.4) is 0 Å². The maximum absolute atomic E-state index is 5.10. The van der Waals surface area contributed by atoms with Crippen molar-refractivity contribution < 1.29 is 4.42 Å². The summed E-state index contributed by atoms with van der Waals surface area (Å²) in [4.78, 5) is 0. The Hall–Kier alpha value is -1.02. The molecule has 90 valence electrons. The second kappa shape index (κ2) is 4.88. The largest absolute Gasteiger partial charge is 0.472 e. The van der Waals surface area contributed by atoms with E-state index in [4.69, 9.17) is 4.42 Å². The first kappa shape index (κ1) is 13.0. The third kappa shape index (κ3) is 4.23. The fourth-order valence-corrected chi connectivity index (χ4v) is 1.53. The molecule has 0 saturated carbocycles. The monoisotopic (exact) mass is 221 g/mol. The predicted octanol–water partition coefficient (Wildman–Crippen LogP) is 3.40. The Morgan fingerprint density at radius 3 is 2.50 bits per heavy atom. The van der Waals surface area contributed by atoms with Gasteiger partial charge in [0, 0.05) is 17.5 Å². The number of furan rings is 1. The van der Waals surface area contributed by atoms with Crippen molar-refractivity contribution in [2.45, 2.75) is 39.7 Å². The van der Waals surface area contributed by atoms with Crippen LogP contribution in [0.5, 0.6) is 0 Å². The summed E-state index contributed by atoms with van der Waals surface area (Å²) >= 11 is 0. The zero-order valence-electron chi connectivity index (χ0n) is 10.8. The minimum atomic E-state index is 0.0666. The highest BCUT2D eigenvalue weighted by Gasteiger charge is 2.23. The molecule has 16 heavy (non-hydrogen) atoms. The van der Waals surface area contributed by atoms with Crippen LogP contribution < -0.4 is 5.32 Å². The minimum absolute atomic E-state index is 0.0666. The third-order valence-electron chi connectivity index (χ3n) is 2.70. The molecular formula is C14H23NO. The summed E-state index contributed by atoms with van der Waals surface area (Å²) in [7, 11) is 0. The van der Waals surface area contributed by atoms with E-state index in [2.05, 4.69) is 39.6 Å². The van der Waals surface area contributed by atoms with Crippen LogP contribution in [-0.4, -0.2) is 12.1 Å². The predicted molar refractivity (Wildman–Crippen MR) is 68.5 cm³/mol. The summed E-state index contributed by atoms with van der Waals surface area (Å²) in [5.74, 6) is 0. The maximum Gasteiger partial charge on any atom is 0.0934 e. The van der Waals surface area contributed by atoms with Gasteiger partial charge >= 0.3 is 0 Å². The maximum atomic E-state index is 5.10. The molecule has 2 heteroatoms. The van der Waals surface area contributed by atoms with Crippen molar-refractivity contribution in [3.8, 4) is 0 Å². The van der Waals surface area contributed by atoms with E-state index in [1.54, 1.807) is 12.5 Å². The van der Waals surface area contributed by atoms with Crippen molar-refractivity contribution >= 4 is 0 Å². The van der Waals surface area contributed by atoms with Crippen molar-refractivity contribution in [3.05, 3.63) is 36.8 Å². The van der Waals surface area contributed by atoms with Crippen LogP contribution in [0.4, 0.5) is 0 Å². The van der Waals surface area contributed by atoms with E-state index < -0.39 is 0 Å². The molecular weight excluding hydrogens is 198 g/mol. The van der Waals surface area contributed by atoms with Crippen LogP contribution in [0.2, 0.25) is 0 Å². The van der Waals surface area contributed by atoms with E-state index in [0.717, 1.165) is 13.0 Å². The summed E-state index contributed by atoms with van der Waals surface area (Å²) in [6, 6.07) is 2.01. The Balaban J connectivity index is 2.60. The van der Waals surface area contributed by atoms with Crippen LogP contribution in [0.15, 0.2) is 35.7 Å². The Morgan fingerprint density at radius 2 is 2.06 bits per heavy atom. The van der Waals surface area contributed by atoms with Gasteiger partial charge in [-0.3, -0.25) is 0 Å². The molecule has 1 N–H and O–H groups in total. The van der Waals surface area contributed by atoms with E-state index in [9.17, 15) is 0 Å². The number of hydrogen-bond donors (Lipinski definition) is 1. The standard InChI is InChI=1S/C14H23NO/c1-6-14(5,11-15-13(2,3)4)9-12-7-8-16-10-12/h6-8,10,15H,1,9,11H2,2-5H3. The molecule has 0 aliphatic carbocycles. The Bertz CT molecular complexity index is 321. The van der Waals surface area contributed by atoms with Crippen molar-refractivity contribution in [2.75, 3.05) is 6.54 Å². The normalized spacial score (nSPS) is 15.8. The second-order valence-corrected chi connectivity index (χ2v) is 5.77. The SMILES string of the molecule is C=CC(C)(CNC(C)(C)C)Cc1ccoc1. The van der Waals surface area contributed by atoms with Crippen LogP contribution in [0.1, 0.15) is 33.3 Å². The quantitative estimate of drug-likeness (QED) is 0.771. The lowest BCUT2D eigenvalue weighted by atomic mass is 9.83. The molecule has 2 nitrogen and oxygen atoms in total. The molecule has 0 spiro atoms. The lowest BCUT2D eigenvalue weighted by Crippen LogP contribution is -2.43. The fraction of sp³-hybridized carbons (Fsp3) is 0.571. The first-order chi connectivity index (χ1) is 7.35. The van der Waals surface area contributed by atoms with Gasteiger partial charge in [0.15, 0.2) is 0 Å². The highest BCUT2D eigenvalue weighted by atomic mass is 16.3. The van der Waals surface area contributed by atoms with Crippen molar-refractivity contribution in [1.82, 2.24) is 5.32 Å². The van der Waals surface area contributed by atoms with E-state index in [0.29, 0.717) is 0 Å². The van der Waals surface area contributed by atoms with Crippen LogP contribution in [-0.2, 0) is 6.42 Å². The van der Waals surface area contributed by atoms with Crippen LogP contribution in [0.25, 0.3) is 0 Å². The average Bonchev–Trinajstić information content (AvgIpc) is 2.66. The topological polar surface area (TPSA) is 25.2 Å². The van der Waals surface area contributed by atoms with E-state index in [1.807, 2.05) is 12.1 Å². The van der Waals surface area contributed by atoms with Crippen LogP contribution in [0, 0.1) is 5.41 Å². The number of rotatable bonds is 5. The van der Waals surface area contributed by atoms with Gasteiger partial charge in [-0.2, -0.15) is 0 Å². The summed E-state index contributed by atoms with van der Waals surface area (Å²) in [6.45, 7) is 13.6. The molecule has 0 radical (unpaired) electrons. The zero-order chi connectivity index (χ0) is 12.2. The van der Waals surface area contributed by atoms with Crippen molar-refractivity contribution in [3.63, 3.8) is 0 Å². The van der Waals surface area contributed by atoms with Gasteiger partial charge < -0.3 is 9.73 Å². The lowest BCUT2D eigenvalue weighted by molar-refractivity contribution is 0.322. The van der Waals surface area contributed by atoms with Gasteiger partial charge in [0.1, 0.15) is 0 Å². The van der Waals surface area contributed by atoms with E-state index >= 15 is 0 Å².